The fourth-order valence-electron chi connectivity index (χ4n) is 1.65. The van der Waals surface area contributed by atoms with Gasteiger partial charge in [-0.25, -0.2) is 4.98 Å². The number of carbonyl (C=O) groups is 1. The lowest BCUT2D eigenvalue weighted by Gasteiger charge is -2.32. The molecule has 0 unspecified atom stereocenters. The highest BCUT2D eigenvalue weighted by Crippen LogP contribution is 2.40. The fraction of sp³-hybridized carbons (Fsp3) is 0.545. The van der Waals surface area contributed by atoms with Gasteiger partial charge in [-0.05, 0) is 33.1 Å². The molecular weight excluding hydrogens is 218 g/mol. The van der Waals surface area contributed by atoms with Crippen molar-refractivity contribution in [2.75, 3.05) is 5.32 Å². The van der Waals surface area contributed by atoms with E-state index in [0.717, 1.165) is 17.8 Å². The van der Waals surface area contributed by atoms with Gasteiger partial charge in [-0.2, -0.15) is 10.4 Å². The van der Waals surface area contributed by atoms with Crippen LogP contribution in [0.5, 0.6) is 0 Å². The summed E-state index contributed by atoms with van der Waals surface area (Å²) in [6, 6.07) is 2.07. The molecule has 0 saturated heterocycles. The molecule has 0 aromatic carbocycles. The molecule has 2 rings (SSSR count). The highest BCUT2D eigenvalue weighted by atomic mass is 16.2. The largest absolute Gasteiger partial charge is 0.292 e. The molecule has 0 radical (unpaired) electrons. The number of hydrogen-bond acceptors (Lipinski definition) is 5. The summed E-state index contributed by atoms with van der Waals surface area (Å²) in [7, 11) is 0. The molecule has 1 aromatic rings. The fourth-order valence-corrected chi connectivity index (χ4v) is 1.65. The zero-order chi connectivity index (χ0) is 12.5. The minimum absolute atomic E-state index is 0.166. The number of carbonyl (C=O) groups excluding carboxylic acids is 1. The van der Waals surface area contributed by atoms with Gasteiger partial charge in [0, 0.05) is 0 Å². The molecule has 0 bridgehead atoms. The predicted molar refractivity (Wildman–Crippen MR) is 59.8 cm³/mol. The van der Waals surface area contributed by atoms with Crippen molar-refractivity contribution >= 4 is 11.9 Å². The van der Waals surface area contributed by atoms with Crippen LogP contribution in [0.15, 0.2) is 0 Å². The maximum absolute atomic E-state index is 11.9. The SMILES string of the molecule is Cc1nnc(NC(=O)C2(C#N)CCC2)nc1C. The van der Waals surface area contributed by atoms with Crippen LogP contribution in [0.2, 0.25) is 0 Å². The van der Waals surface area contributed by atoms with Crippen molar-refractivity contribution in [2.45, 2.75) is 33.1 Å². The number of rotatable bonds is 2. The summed E-state index contributed by atoms with van der Waals surface area (Å²) in [5.41, 5.74) is 0.555. The highest BCUT2D eigenvalue weighted by Gasteiger charge is 2.45. The Morgan fingerprint density at radius 2 is 2.06 bits per heavy atom. The van der Waals surface area contributed by atoms with Crippen LogP contribution in [-0.4, -0.2) is 21.1 Å². The van der Waals surface area contributed by atoms with Crippen molar-refractivity contribution in [3.8, 4) is 6.07 Å². The number of hydrogen-bond donors (Lipinski definition) is 1. The van der Waals surface area contributed by atoms with Gasteiger partial charge in [0.15, 0.2) is 0 Å². The van der Waals surface area contributed by atoms with Crippen LogP contribution in [0.25, 0.3) is 0 Å². The molecule has 1 aromatic heterocycles. The molecule has 1 N–H and O–H groups in total. The van der Waals surface area contributed by atoms with Crippen LogP contribution in [0.4, 0.5) is 5.95 Å². The number of aromatic nitrogens is 3. The van der Waals surface area contributed by atoms with Crippen LogP contribution in [0.1, 0.15) is 30.7 Å². The first-order chi connectivity index (χ1) is 8.07. The van der Waals surface area contributed by atoms with Gasteiger partial charge in [0.1, 0.15) is 5.41 Å². The Bertz CT molecular complexity index is 501. The standard InChI is InChI=1S/C11H13N5O/c1-7-8(2)15-16-10(13-7)14-9(17)11(6-12)4-3-5-11/h3-5H2,1-2H3,(H,13,14,16,17). The maximum atomic E-state index is 11.9. The van der Waals surface area contributed by atoms with E-state index in [1.54, 1.807) is 13.8 Å². The molecule has 1 amide bonds. The first-order valence-electron chi connectivity index (χ1n) is 5.48. The van der Waals surface area contributed by atoms with Crippen LogP contribution < -0.4 is 5.32 Å². The van der Waals surface area contributed by atoms with Gasteiger partial charge < -0.3 is 0 Å². The average Bonchev–Trinajstić information content (AvgIpc) is 2.23. The summed E-state index contributed by atoms with van der Waals surface area (Å²) in [5, 5.41) is 19.2. The highest BCUT2D eigenvalue weighted by molar-refractivity contribution is 5.96. The molecule has 6 nitrogen and oxygen atoms in total. The lowest BCUT2D eigenvalue weighted by Crippen LogP contribution is -2.41. The van der Waals surface area contributed by atoms with Crippen LogP contribution >= 0.6 is 0 Å². The second-order valence-corrected chi connectivity index (χ2v) is 4.31. The smallest absolute Gasteiger partial charge is 0.249 e. The quantitative estimate of drug-likeness (QED) is 0.823. The van der Waals surface area contributed by atoms with E-state index in [1.165, 1.54) is 0 Å². The summed E-state index contributed by atoms with van der Waals surface area (Å²) >= 11 is 0. The van der Waals surface area contributed by atoms with Gasteiger partial charge in [0.05, 0.1) is 17.5 Å². The van der Waals surface area contributed by atoms with Gasteiger partial charge in [-0.1, -0.05) is 0 Å². The summed E-state index contributed by atoms with van der Waals surface area (Å²) in [6.45, 7) is 3.59. The van der Waals surface area contributed by atoms with E-state index in [2.05, 4.69) is 26.6 Å². The molecule has 1 fully saturated rings. The molecule has 1 aliphatic rings. The molecule has 0 atom stereocenters. The lowest BCUT2D eigenvalue weighted by molar-refractivity contribution is -0.126. The van der Waals surface area contributed by atoms with Crippen LogP contribution in [0.3, 0.4) is 0 Å². The average molecular weight is 231 g/mol. The summed E-state index contributed by atoms with van der Waals surface area (Å²) in [4.78, 5) is 16.0. The molecule has 17 heavy (non-hydrogen) atoms. The van der Waals surface area contributed by atoms with Gasteiger partial charge >= 0.3 is 0 Å². The first-order valence-corrected chi connectivity index (χ1v) is 5.48. The second kappa shape index (κ2) is 4.09. The summed E-state index contributed by atoms with van der Waals surface area (Å²) < 4.78 is 0. The topological polar surface area (TPSA) is 91.6 Å². The van der Waals surface area contributed by atoms with Crippen molar-refractivity contribution in [1.82, 2.24) is 15.2 Å². The number of anilines is 1. The summed E-state index contributed by atoms with van der Waals surface area (Å²) in [6.07, 6.45) is 2.12. The number of nitriles is 1. The number of nitrogens with zero attached hydrogens (tertiary/aromatic N) is 4. The van der Waals surface area contributed by atoms with E-state index in [9.17, 15) is 4.79 Å². The van der Waals surface area contributed by atoms with E-state index >= 15 is 0 Å². The van der Waals surface area contributed by atoms with Gasteiger partial charge in [0.25, 0.3) is 0 Å². The normalized spacial score (nSPS) is 16.8. The Kier molecular flexibility index (Phi) is 2.76. The number of amides is 1. The molecule has 6 heteroatoms. The van der Waals surface area contributed by atoms with Crippen molar-refractivity contribution in [2.24, 2.45) is 5.41 Å². The van der Waals surface area contributed by atoms with Crippen LogP contribution in [-0.2, 0) is 4.79 Å². The lowest BCUT2D eigenvalue weighted by atomic mass is 9.69. The third-order valence-corrected chi connectivity index (χ3v) is 3.17. The van der Waals surface area contributed by atoms with Crippen molar-refractivity contribution < 1.29 is 4.79 Å². The molecular formula is C11H13N5O. The van der Waals surface area contributed by atoms with Gasteiger partial charge in [-0.3, -0.25) is 10.1 Å². The van der Waals surface area contributed by atoms with Crippen molar-refractivity contribution in [3.05, 3.63) is 11.4 Å². The Morgan fingerprint density at radius 3 is 2.53 bits per heavy atom. The number of nitrogens with one attached hydrogen (secondary N) is 1. The molecule has 0 spiro atoms. The molecule has 1 saturated carbocycles. The third kappa shape index (κ3) is 1.96. The Morgan fingerprint density at radius 1 is 1.35 bits per heavy atom. The third-order valence-electron chi connectivity index (χ3n) is 3.17. The van der Waals surface area contributed by atoms with Crippen molar-refractivity contribution in [1.29, 1.82) is 5.26 Å². The first kappa shape index (κ1) is 11.5. The maximum Gasteiger partial charge on any atom is 0.249 e. The minimum Gasteiger partial charge on any atom is -0.292 e. The molecule has 1 aliphatic carbocycles. The van der Waals surface area contributed by atoms with Crippen molar-refractivity contribution in [3.63, 3.8) is 0 Å². The van der Waals surface area contributed by atoms with E-state index in [-0.39, 0.29) is 11.9 Å². The van der Waals surface area contributed by atoms with E-state index in [1.807, 2.05) is 0 Å². The monoisotopic (exact) mass is 231 g/mol. The van der Waals surface area contributed by atoms with E-state index in [4.69, 9.17) is 5.26 Å². The zero-order valence-corrected chi connectivity index (χ0v) is 9.82. The Hall–Kier alpha value is -2.03. The minimum atomic E-state index is -0.887. The summed E-state index contributed by atoms with van der Waals surface area (Å²) in [5.74, 6) is -0.157. The number of aryl methyl sites for hydroxylation is 2. The zero-order valence-electron chi connectivity index (χ0n) is 9.82. The van der Waals surface area contributed by atoms with E-state index < -0.39 is 5.41 Å². The second-order valence-electron chi connectivity index (χ2n) is 4.31. The Balaban J connectivity index is 2.13. The predicted octanol–water partition coefficient (Wildman–Crippen LogP) is 1.12. The van der Waals surface area contributed by atoms with Crippen LogP contribution in [0, 0.1) is 30.6 Å². The van der Waals surface area contributed by atoms with Gasteiger partial charge in [0.2, 0.25) is 11.9 Å². The van der Waals surface area contributed by atoms with E-state index in [0.29, 0.717) is 12.8 Å². The molecule has 0 aliphatic heterocycles. The Labute approximate surface area is 99.1 Å². The molecule has 88 valence electrons. The molecule has 1 heterocycles. The van der Waals surface area contributed by atoms with Gasteiger partial charge in [-0.15, -0.1) is 5.10 Å².